The molecule has 0 aliphatic carbocycles. The predicted octanol–water partition coefficient (Wildman–Crippen LogP) is 2.76. The molecule has 1 saturated heterocycles. The van der Waals surface area contributed by atoms with E-state index >= 15 is 0 Å². The number of rotatable bonds is 5. The zero-order valence-corrected chi connectivity index (χ0v) is 14.8. The molecule has 0 aromatic heterocycles. The minimum absolute atomic E-state index is 0.0350. The van der Waals surface area contributed by atoms with E-state index in [0.717, 1.165) is 24.9 Å². The van der Waals surface area contributed by atoms with Crippen molar-refractivity contribution < 1.29 is 24.2 Å². The molecule has 2 aliphatic rings. The number of benzene rings is 1. The van der Waals surface area contributed by atoms with E-state index in [1.807, 2.05) is 11.0 Å². The fourth-order valence-electron chi connectivity index (χ4n) is 3.41. The first-order chi connectivity index (χ1) is 12.0. The average molecular weight is 368 g/mol. The molecule has 0 saturated carbocycles. The molecule has 0 radical (unpaired) electrons. The van der Waals surface area contributed by atoms with Crippen LogP contribution < -0.4 is 9.47 Å². The zero-order chi connectivity index (χ0) is 17.8. The summed E-state index contributed by atoms with van der Waals surface area (Å²) in [5.74, 6) is 0.634. The lowest BCUT2D eigenvalue weighted by Gasteiger charge is -2.33. The highest BCUT2D eigenvalue weighted by atomic mass is 35.5. The Hall–Kier alpha value is -1.95. The van der Waals surface area contributed by atoms with Crippen LogP contribution in [0.4, 0.5) is 0 Å². The van der Waals surface area contributed by atoms with Gasteiger partial charge in [-0.3, -0.25) is 9.59 Å². The van der Waals surface area contributed by atoms with Crippen molar-refractivity contribution in [3.05, 3.63) is 22.7 Å². The molecule has 6 nitrogen and oxygen atoms in total. The molecule has 1 fully saturated rings. The van der Waals surface area contributed by atoms with Crippen LogP contribution in [-0.4, -0.2) is 48.2 Å². The third kappa shape index (κ3) is 4.57. The summed E-state index contributed by atoms with van der Waals surface area (Å²) in [4.78, 5) is 25.2. The van der Waals surface area contributed by atoms with Gasteiger partial charge in [-0.05, 0) is 42.9 Å². The van der Waals surface area contributed by atoms with Crippen LogP contribution in [0, 0.1) is 5.92 Å². The Balaban J connectivity index is 1.62. The highest BCUT2D eigenvalue weighted by molar-refractivity contribution is 6.32. The minimum atomic E-state index is -0.783. The number of hydrogen-bond acceptors (Lipinski definition) is 4. The van der Waals surface area contributed by atoms with Gasteiger partial charge in [0, 0.05) is 19.5 Å². The first kappa shape index (κ1) is 17.9. The lowest BCUT2D eigenvalue weighted by molar-refractivity contribution is -0.137. The van der Waals surface area contributed by atoms with Gasteiger partial charge >= 0.3 is 5.97 Å². The Kier molecular flexibility index (Phi) is 5.68. The van der Waals surface area contributed by atoms with Crippen LogP contribution in [0.15, 0.2) is 12.1 Å². The third-order valence-electron chi connectivity index (χ3n) is 4.65. The van der Waals surface area contributed by atoms with Crippen molar-refractivity contribution in [2.24, 2.45) is 5.92 Å². The number of aliphatic carboxylic acids is 1. The standard InChI is InChI=1S/C18H22ClNO5/c19-14-8-13(9-15-18(14)25-7-6-24-15)10-16(21)20-5-1-2-12(11-20)3-4-17(22)23/h8-9,12H,1-7,10-11H2,(H,22,23). The molecule has 1 unspecified atom stereocenters. The van der Waals surface area contributed by atoms with E-state index in [2.05, 4.69) is 0 Å². The van der Waals surface area contributed by atoms with Gasteiger partial charge in [0.05, 0.1) is 11.4 Å². The molecule has 1 N–H and O–H groups in total. The maximum atomic E-state index is 12.6. The Morgan fingerprint density at radius 2 is 2.08 bits per heavy atom. The van der Waals surface area contributed by atoms with Crippen LogP contribution in [0.2, 0.25) is 5.02 Å². The van der Waals surface area contributed by atoms with E-state index in [9.17, 15) is 9.59 Å². The van der Waals surface area contributed by atoms with Crippen LogP contribution in [0.5, 0.6) is 11.5 Å². The van der Waals surface area contributed by atoms with Gasteiger partial charge in [-0.15, -0.1) is 0 Å². The second-order valence-electron chi connectivity index (χ2n) is 6.56. The Morgan fingerprint density at radius 1 is 1.28 bits per heavy atom. The Labute approximate surface area is 151 Å². The maximum absolute atomic E-state index is 12.6. The van der Waals surface area contributed by atoms with Gasteiger partial charge in [0.15, 0.2) is 11.5 Å². The minimum Gasteiger partial charge on any atom is -0.486 e. The second kappa shape index (κ2) is 7.95. The van der Waals surface area contributed by atoms with E-state index in [4.69, 9.17) is 26.2 Å². The fraction of sp³-hybridized carbons (Fsp3) is 0.556. The van der Waals surface area contributed by atoms with Gasteiger partial charge in [-0.25, -0.2) is 0 Å². The summed E-state index contributed by atoms with van der Waals surface area (Å²) in [6.07, 6.45) is 2.92. The molecule has 2 aliphatic heterocycles. The molecule has 25 heavy (non-hydrogen) atoms. The molecule has 2 heterocycles. The number of piperidine rings is 1. The van der Waals surface area contributed by atoms with Crippen molar-refractivity contribution in [2.75, 3.05) is 26.3 Å². The molecule has 1 aromatic carbocycles. The van der Waals surface area contributed by atoms with Gasteiger partial charge in [-0.1, -0.05) is 11.6 Å². The van der Waals surface area contributed by atoms with Gasteiger partial charge in [0.1, 0.15) is 13.2 Å². The molecule has 3 rings (SSSR count). The van der Waals surface area contributed by atoms with Crippen molar-refractivity contribution in [3.63, 3.8) is 0 Å². The van der Waals surface area contributed by atoms with Crippen LogP contribution in [0.1, 0.15) is 31.2 Å². The number of carbonyl (C=O) groups excluding carboxylic acids is 1. The summed E-state index contributed by atoms with van der Waals surface area (Å²) >= 11 is 6.23. The summed E-state index contributed by atoms with van der Waals surface area (Å²) in [5, 5.41) is 9.28. The number of hydrogen-bond donors (Lipinski definition) is 1. The predicted molar refractivity (Wildman–Crippen MR) is 92.3 cm³/mol. The second-order valence-corrected chi connectivity index (χ2v) is 6.97. The van der Waals surface area contributed by atoms with Crippen LogP contribution in [-0.2, 0) is 16.0 Å². The number of ether oxygens (including phenoxy) is 2. The normalized spacial score (nSPS) is 19.6. The van der Waals surface area contributed by atoms with Crippen molar-refractivity contribution >= 4 is 23.5 Å². The summed E-state index contributed by atoms with van der Waals surface area (Å²) < 4.78 is 11.0. The topological polar surface area (TPSA) is 76.1 Å². The highest BCUT2D eigenvalue weighted by Gasteiger charge is 2.25. The van der Waals surface area contributed by atoms with Gasteiger partial charge < -0.3 is 19.5 Å². The quantitative estimate of drug-likeness (QED) is 0.866. The number of carbonyl (C=O) groups is 2. The van der Waals surface area contributed by atoms with E-state index < -0.39 is 5.97 Å². The van der Waals surface area contributed by atoms with Gasteiger partial charge in [-0.2, -0.15) is 0 Å². The summed E-state index contributed by atoms with van der Waals surface area (Å²) in [6, 6.07) is 3.56. The summed E-state index contributed by atoms with van der Waals surface area (Å²) in [7, 11) is 0. The lowest BCUT2D eigenvalue weighted by atomic mass is 9.93. The van der Waals surface area contributed by atoms with E-state index in [1.165, 1.54) is 0 Å². The first-order valence-electron chi connectivity index (χ1n) is 8.60. The summed E-state index contributed by atoms with van der Waals surface area (Å²) in [5.41, 5.74) is 0.798. The molecule has 1 atom stereocenters. The van der Waals surface area contributed by atoms with Crippen molar-refractivity contribution in [1.82, 2.24) is 4.90 Å². The smallest absolute Gasteiger partial charge is 0.303 e. The largest absolute Gasteiger partial charge is 0.486 e. The number of carboxylic acids is 1. The fourth-order valence-corrected chi connectivity index (χ4v) is 3.70. The molecule has 0 bridgehead atoms. The number of nitrogens with zero attached hydrogens (tertiary/aromatic N) is 1. The van der Waals surface area contributed by atoms with Crippen LogP contribution in [0.3, 0.4) is 0 Å². The van der Waals surface area contributed by atoms with E-state index in [0.29, 0.717) is 42.7 Å². The van der Waals surface area contributed by atoms with Crippen molar-refractivity contribution in [3.8, 4) is 11.5 Å². The molecule has 0 spiro atoms. The maximum Gasteiger partial charge on any atom is 0.303 e. The number of fused-ring (bicyclic) bond motifs is 1. The SMILES string of the molecule is O=C(O)CCC1CCCN(C(=O)Cc2cc(Cl)c3c(c2)OCCO3)C1. The van der Waals surface area contributed by atoms with Crippen molar-refractivity contribution in [2.45, 2.75) is 32.1 Å². The number of halogens is 1. The summed E-state index contributed by atoms with van der Waals surface area (Å²) in [6.45, 7) is 2.29. The molecule has 1 amide bonds. The molecule has 1 aromatic rings. The molecule has 7 heteroatoms. The van der Waals surface area contributed by atoms with Crippen LogP contribution in [0.25, 0.3) is 0 Å². The third-order valence-corrected chi connectivity index (χ3v) is 4.93. The first-order valence-corrected chi connectivity index (χ1v) is 8.98. The average Bonchev–Trinajstić information content (AvgIpc) is 2.60. The van der Waals surface area contributed by atoms with Gasteiger partial charge in [0.2, 0.25) is 5.91 Å². The highest BCUT2D eigenvalue weighted by Crippen LogP contribution is 2.38. The van der Waals surface area contributed by atoms with E-state index in [1.54, 1.807) is 6.07 Å². The Morgan fingerprint density at radius 3 is 2.88 bits per heavy atom. The number of likely N-dealkylation sites (tertiary alicyclic amines) is 1. The lowest BCUT2D eigenvalue weighted by Crippen LogP contribution is -2.40. The molecular formula is C18H22ClNO5. The monoisotopic (exact) mass is 367 g/mol. The number of carboxylic acid groups (broad SMARTS) is 1. The number of amides is 1. The van der Waals surface area contributed by atoms with Crippen molar-refractivity contribution in [1.29, 1.82) is 0 Å². The van der Waals surface area contributed by atoms with Gasteiger partial charge in [0.25, 0.3) is 0 Å². The van der Waals surface area contributed by atoms with Crippen LogP contribution >= 0.6 is 11.6 Å². The van der Waals surface area contributed by atoms with E-state index in [-0.39, 0.29) is 24.7 Å². The Bertz CT molecular complexity index is 663. The zero-order valence-electron chi connectivity index (χ0n) is 14.0. The molecular weight excluding hydrogens is 346 g/mol. The molecule has 136 valence electrons.